The number of rotatable bonds is 7. The Bertz CT molecular complexity index is 803. The molecule has 4 nitrogen and oxygen atoms in total. The van der Waals surface area contributed by atoms with Gasteiger partial charge in [-0.15, -0.1) is 0 Å². The molecule has 0 heterocycles. The molecular formula is C21H23Cl2NO3. The highest BCUT2D eigenvalue weighted by molar-refractivity contribution is 6.36. The Morgan fingerprint density at radius 2 is 1.67 bits per heavy atom. The third-order valence-electron chi connectivity index (χ3n) is 4.42. The predicted molar refractivity (Wildman–Crippen MR) is 109 cm³/mol. The molecule has 6 heteroatoms. The van der Waals surface area contributed by atoms with E-state index in [9.17, 15) is 9.59 Å². The van der Waals surface area contributed by atoms with Crippen LogP contribution in [0.2, 0.25) is 10.0 Å². The molecule has 0 radical (unpaired) electrons. The maximum absolute atomic E-state index is 12.5. The third-order valence-corrected chi connectivity index (χ3v) is 5.13. The molecule has 0 aromatic heterocycles. The van der Waals surface area contributed by atoms with Crippen molar-refractivity contribution in [2.24, 2.45) is 0 Å². The van der Waals surface area contributed by atoms with Crippen molar-refractivity contribution in [3.05, 3.63) is 63.6 Å². The van der Waals surface area contributed by atoms with Crippen molar-refractivity contribution in [1.29, 1.82) is 0 Å². The standard InChI is InChI=1S/C21H23Cl2NO3/c1-4-13(2)15-8-5-6-11-19(15)24-21(26)14(3)27-20(25)12-16-17(22)9-7-10-18(16)23/h5-11,13-14H,4,12H2,1-3H3,(H,24,26)/t13-,14-/m0/s1. The Morgan fingerprint density at radius 1 is 1.04 bits per heavy atom. The van der Waals surface area contributed by atoms with Gasteiger partial charge in [0.05, 0.1) is 6.42 Å². The minimum absolute atomic E-state index is 0.0976. The van der Waals surface area contributed by atoms with Crippen LogP contribution in [0.25, 0.3) is 0 Å². The number of ether oxygens (including phenoxy) is 1. The molecular weight excluding hydrogens is 385 g/mol. The van der Waals surface area contributed by atoms with Gasteiger partial charge >= 0.3 is 5.97 Å². The van der Waals surface area contributed by atoms with Gasteiger partial charge in [0.2, 0.25) is 0 Å². The molecule has 2 aromatic carbocycles. The van der Waals surface area contributed by atoms with Crippen molar-refractivity contribution < 1.29 is 14.3 Å². The quantitative estimate of drug-likeness (QED) is 0.605. The summed E-state index contributed by atoms with van der Waals surface area (Å²) < 4.78 is 5.26. The number of esters is 1. The second kappa shape index (κ2) is 9.77. The van der Waals surface area contributed by atoms with E-state index in [1.165, 1.54) is 6.92 Å². The first-order chi connectivity index (χ1) is 12.8. The van der Waals surface area contributed by atoms with Crippen LogP contribution >= 0.6 is 23.2 Å². The highest BCUT2D eigenvalue weighted by Gasteiger charge is 2.21. The first kappa shape index (κ1) is 21.3. The lowest BCUT2D eigenvalue weighted by Crippen LogP contribution is -2.31. The SMILES string of the molecule is CC[C@H](C)c1ccccc1NC(=O)[C@H](C)OC(=O)Cc1c(Cl)cccc1Cl. The Kier molecular flexibility index (Phi) is 7.69. The molecule has 144 valence electrons. The predicted octanol–water partition coefficient (Wildman–Crippen LogP) is 5.62. The normalized spacial score (nSPS) is 12.9. The maximum atomic E-state index is 12.5. The number of carbonyl (C=O) groups is 2. The van der Waals surface area contributed by atoms with Crippen molar-refractivity contribution in [3.63, 3.8) is 0 Å². The lowest BCUT2D eigenvalue weighted by Gasteiger charge is -2.18. The van der Waals surface area contributed by atoms with Crippen LogP contribution in [0, 0.1) is 0 Å². The van der Waals surface area contributed by atoms with Crippen molar-refractivity contribution in [3.8, 4) is 0 Å². The van der Waals surface area contributed by atoms with Crippen LogP contribution in [0.5, 0.6) is 0 Å². The molecule has 0 aliphatic heterocycles. The van der Waals surface area contributed by atoms with E-state index >= 15 is 0 Å². The molecule has 0 saturated heterocycles. The van der Waals surface area contributed by atoms with Crippen molar-refractivity contribution in [1.82, 2.24) is 0 Å². The maximum Gasteiger partial charge on any atom is 0.311 e. The molecule has 1 N–H and O–H groups in total. The van der Waals surface area contributed by atoms with Gasteiger partial charge in [-0.3, -0.25) is 9.59 Å². The molecule has 0 bridgehead atoms. The summed E-state index contributed by atoms with van der Waals surface area (Å²) in [6, 6.07) is 12.6. The molecule has 0 spiro atoms. The Balaban J connectivity index is 2.01. The number of benzene rings is 2. The zero-order valence-corrected chi connectivity index (χ0v) is 17.1. The van der Waals surface area contributed by atoms with Crippen LogP contribution in [0.3, 0.4) is 0 Å². The van der Waals surface area contributed by atoms with Gasteiger partial charge in [0.25, 0.3) is 5.91 Å². The van der Waals surface area contributed by atoms with E-state index in [4.69, 9.17) is 27.9 Å². The van der Waals surface area contributed by atoms with E-state index < -0.39 is 12.1 Å². The number of para-hydroxylation sites is 1. The smallest absolute Gasteiger partial charge is 0.311 e. The summed E-state index contributed by atoms with van der Waals surface area (Å²) in [5, 5.41) is 3.63. The topological polar surface area (TPSA) is 55.4 Å². The minimum atomic E-state index is -0.941. The molecule has 27 heavy (non-hydrogen) atoms. The Morgan fingerprint density at radius 3 is 2.30 bits per heavy atom. The molecule has 2 atom stereocenters. The largest absolute Gasteiger partial charge is 0.452 e. The van der Waals surface area contributed by atoms with Gasteiger partial charge in [-0.25, -0.2) is 0 Å². The lowest BCUT2D eigenvalue weighted by atomic mass is 9.97. The first-order valence-electron chi connectivity index (χ1n) is 8.85. The van der Waals surface area contributed by atoms with Crippen LogP contribution in [0.4, 0.5) is 5.69 Å². The van der Waals surface area contributed by atoms with Gasteiger partial charge in [0, 0.05) is 21.3 Å². The van der Waals surface area contributed by atoms with Crippen molar-refractivity contribution >= 4 is 40.8 Å². The summed E-state index contributed by atoms with van der Waals surface area (Å²) in [6.07, 6.45) is -0.0842. The molecule has 0 aliphatic rings. The van der Waals surface area contributed by atoms with Crippen molar-refractivity contribution in [2.75, 3.05) is 5.32 Å². The number of nitrogens with one attached hydrogen (secondary N) is 1. The second-order valence-electron chi connectivity index (χ2n) is 6.39. The van der Waals surface area contributed by atoms with E-state index in [1.54, 1.807) is 18.2 Å². The summed E-state index contributed by atoms with van der Waals surface area (Å²) in [7, 11) is 0. The summed E-state index contributed by atoms with van der Waals surface area (Å²) in [5.74, 6) is -0.644. The van der Waals surface area contributed by atoms with E-state index in [0.29, 0.717) is 21.5 Å². The Hall–Kier alpha value is -2.04. The Labute approximate surface area is 169 Å². The number of carbonyl (C=O) groups excluding carboxylic acids is 2. The number of anilines is 1. The van der Waals surface area contributed by atoms with Gasteiger partial charge in [0.1, 0.15) is 0 Å². The summed E-state index contributed by atoms with van der Waals surface area (Å²) >= 11 is 12.1. The molecule has 1 amide bonds. The van der Waals surface area contributed by atoms with Crippen LogP contribution in [0.1, 0.15) is 44.2 Å². The van der Waals surface area contributed by atoms with Gasteiger partial charge in [0.15, 0.2) is 6.10 Å². The average Bonchev–Trinajstić information content (AvgIpc) is 2.64. The van der Waals surface area contributed by atoms with E-state index in [2.05, 4.69) is 19.2 Å². The molecule has 0 saturated carbocycles. The summed E-state index contributed by atoms with van der Waals surface area (Å²) in [4.78, 5) is 24.6. The van der Waals surface area contributed by atoms with Crippen LogP contribution in [-0.2, 0) is 20.7 Å². The van der Waals surface area contributed by atoms with Gasteiger partial charge < -0.3 is 10.1 Å². The van der Waals surface area contributed by atoms with Crippen LogP contribution < -0.4 is 5.32 Å². The number of amides is 1. The van der Waals surface area contributed by atoms with Gasteiger partial charge in [-0.1, -0.05) is 61.3 Å². The lowest BCUT2D eigenvalue weighted by molar-refractivity contribution is -0.152. The zero-order valence-electron chi connectivity index (χ0n) is 15.6. The molecule has 0 fully saturated rings. The minimum Gasteiger partial charge on any atom is -0.452 e. The fraction of sp³-hybridized carbons (Fsp3) is 0.333. The summed E-state index contributed by atoms with van der Waals surface area (Å²) in [6.45, 7) is 5.72. The number of hydrogen-bond donors (Lipinski definition) is 1. The van der Waals surface area contributed by atoms with E-state index in [0.717, 1.165) is 17.7 Å². The summed E-state index contributed by atoms with van der Waals surface area (Å²) in [5.41, 5.74) is 2.27. The number of halogens is 2. The van der Waals surface area contributed by atoms with Crippen LogP contribution in [0.15, 0.2) is 42.5 Å². The molecule has 2 aromatic rings. The van der Waals surface area contributed by atoms with E-state index in [1.807, 2.05) is 24.3 Å². The van der Waals surface area contributed by atoms with E-state index in [-0.39, 0.29) is 12.3 Å². The third kappa shape index (κ3) is 5.72. The highest BCUT2D eigenvalue weighted by atomic mass is 35.5. The zero-order chi connectivity index (χ0) is 20.0. The van der Waals surface area contributed by atoms with Gasteiger partial charge in [-0.2, -0.15) is 0 Å². The fourth-order valence-electron chi connectivity index (χ4n) is 2.63. The molecule has 0 unspecified atom stereocenters. The fourth-order valence-corrected chi connectivity index (χ4v) is 3.16. The molecule has 0 aliphatic carbocycles. The highest BCUT2D eigenvalue weighted by Crippen LogP contribution is 2.27. The number of hydrogen-bond acceptors (Lipinski definition) is 3. The monoisotopic (exact) mass is 407 g/mol. The second-order valence-corrected chi connectivity index (χ2v) is 7.21. The van der Waals surface area contributed by atoms with Crippen LogP contribution in [-0.4, -0.2) is 18.0 Å². The first-order valence-corrected chi connectivity index (χ1v) is 9.61. The molecule has 2 rings (SSSR count). The van der Waals surface area contributed by atoms with Gasteiger partial charge in [-0.05, 0) is 43.0 Å². The van der Waals surface area contributed by atoms with Crippen molar-refractivity contribution in [2.45, 2.75) is 45.6 Å². The average molecular weight is 408 g/mol.